The standard InChI is InChI=1S/C24H36O2/c1-6-7-8-9-14-23(2,3)17-10-12-19-20-16-18(25)11-13-21(20)24(4,5)26-22(19)15-17/h10,12,15,20-21H,6-9,11,13-14,16H2,1-5H3. The summed E-state index contributed by atoms with van der Waals surface area (Å²) in [7, 11) is 0. The monoisotopic (exact) mass is 356 g/mol. The van der Waals surface area contributed by atoms with Crippen molar-refractivity contribution in [3.05, 3.63) is 29.3 Å². The quantitative estimate of drug-likeness (QED) is 0.540. The Bertz CT molecular complexity index is 656. The third kappa shape index (κ3) is 3.85. The summed E-state index contributed by atoms with van der Waals surface area (Å²) in [6.07, 6.45) is 8.78. The first kappa shape index (κ1) is 19.5. The molecule has 0 radical (unpaired) electrons. The normalized spacial score (nSPS) is 24.6. The smallest absolute Gasteiger partial charge is 0.133 e. The summed E-state index contributed by atoms with van der Waals surface area (Å²) in [6.45, 7) is 11.4. The van der Waals surface area contributed by atoms with Crippen LogP contribution >= 0.6 is 0 Å². The summed E-state index contributed by atoms with van der Waals surface area (Å²) >= 11 is 0. The van der Waals surface area contributed by atoms with E-state index in [1.165, 1.54) is 43.2 Å². The number of hydrogen-bond donors (Lipinski definition) is 0. The van der Waals surface area contributed by atoms with Crippen LogP contribution in [-0.2, 0) is 10.2 Å². The van der Waals surface area contributed by atoms with Gasteiger partial charge in [-0.2, -0.15) is 0 Å². The van der Waals surface area contributed by atoms with Gasteiger partial charge in [-0.15, -0.1) is 0 Å². The number of ketones is 1. The average Bonchev–Trinajstić information content (AvgIpc) is 2.57. The molecule has 1 aromatic rings. The number of carbonyl (C=O) groups excluding carboxylic acids is 1. The van der Waals surface area contributed by atoms with Gasteiger partial charge in [-0.1, -0.05) is 58.6 Å². The summed E-state index contributed by atoms with van der Waals surface area (Å²) in [5.74, 6) is 2.21. The van der Waals surface area contributed by atoms with Gasteiger partial charge in [0.05, 0.1) is 0 Å². The average molecular weight is 357 g/mol. The van der Waals surface area contributed by atoms with E-state index in [-0.39, 0.29) is 11.0 Å². The van der Waals surface area contributed by atoms with Gasteiger partial charge >= 0.3 is 0 Å². The first-order chi connectivity index (χ1) is 12.2. The molecule has 26 heavy (non-hydrogen) atoms. The van der Waals surface area contributed by atoms with Gasteiger partial charge < -0.3 is 4.74 Å². The lowest BCUT2D eigenvalue weighted by Gasteiger charge is -2.47. The number of hydrogen-bond acceptors (Lipinski definition) is 2. The number of benzene rings is 1. The molecule has 1 heterocycles. The van der Waals surface area contributed by atoms with E-state index in [9.17, 15) is 4.79 Å². The SMILES string of the molecule is CCCCCCC(C)(C)c1ccc2c(c1)OC(C)(C)C1CCC(=O)CC21. The van der Waals surface area contributed by atoms with Crippen molar-refractivity contribution in [3.8, 4) is 5.75 Å². The van der Waals surface area contributed by atoms with Crippen LogP contribution < -0.4 is 4.74 Å². The Kier molecular flexibility index (Phi) is 5.51. The molecule has 0 bridgehead atoms. The van der Waals surface area contributed by atoms with Gasteiger partial charge in [-0.05, 0) is 49.3 Å². The zero-order valence-electron chi connectivity index (χ0n) is 17.4. The van der Waals surface area contributed by atoms with Crippen LogP contribution in [0, 0.1) is 5.92 Å². The molecule has 2 heteroatoms. The fourth-order valence-electron chi connectivity index (χ4n) is 5.01. The Morgan fingerprint density at radius 1 is 1.19 bits per heavy atom. The van der Waals surface area contributed by atoms with Crippen LogP contribution in [0.5, 0.6) is 5.75 Å². The van der Waals surface area contributed by atoms with E-state index >= 15 is 0 Å². The molecule has 1 aromatic carbocycles. The molecule has 1 fully saturated rings. The molecule has 0 amide bonds. The van der Waals surface area contributed by atoms with Gasteiger partial charge in [0.1, 0.15) is 17.1 Å². The van der Waals surface area contributed by atoms with Crippen LogP contribution in [0.2, 0.25) is 0 Å². The molecular weight excluding hydrogens is 320 g/mol. The van der Waals surface area contributed by atoms with Crippen molar-refractivity contribution >= 4 is 5.78 Å². The summed E-state index contributed by atoms with van der Waals surface area (Å²) in [5.41, 5.74) is 2.59. The molecule has 2 aliphatic rings. The van der Waals surface area contributed by atoms with E-state index in [1.807, 2.05) is 0 Å². The van der Waals surface area contributed by atoms with Gasteiger partial charge in [0, 0.05) is 24.7 Å². The highest BCUT2D eigenvalue weighted by Crippen LogP contribution is 2.51. The van der Waals surface area contributed by atoms with Crippen molar-refractivity contribution in [1.29, 1.82) is 0 Å². The zero-order chi connectivity index (χ0) is 18.9. The molecular formula is C24H36O2. The highest BCUT2D eigenvalue weighted by Gasteiger charge is 2.46. The van der Waals surface area contributed by atoms with Gasteiger partial charge in [0.25, 0.3) is 0 Å². The van der Waals surface area contributed by atoms with Crippen LogP contribution in [-0.4, -0.2) is 11.4 Å². The molecule has 0 N–H and O–H groups in total. The number of unbranched alkanes of at least 4 members (excludes halogenated alkanes) is 3. The Labute approximate surface area is 159 Å². The van der Waals surface area contributed by atoms with E-state index in [0.717, 1.165) is 12.2 Å². The van der Waals surface area contributed by atoms with Crippen molar-refractivity contribution in [3.63, 3.8) is 0 Å². The summed E-state index contributed by atoms with van der Waals surface area (Å²) < 4.78 is 6.49. The highest BCUT2D eigenvalue weighted by atomic mass is 16.5. The Hall–Kier alpha value is -1.31. The largest absolute Gasteiger partial charge is 0.487 e. The van der Waals surface area contributed by atoms with Crippen LogP contribution in [0.4, 0.5) is 0 Å². The van der Waals surface area contributed by atoms with E-state index in [2.05, 4.69) is 52.8 Å². The predicted octanol–water partition coefficient (Wildman–Crippen LogP) is 6.56. The lowest BCUT2D eigenvalue weighted by atomic mass is 9.66. The van der Waals surface area contributed by atoms with Crippen molar-refractivity contribution in [2.24, 2.45) is 5.92 Å². The lowest BCUT2D eigenvalue weighted by molar-refractivity contribution is -0.124. The first-order valence-corrected chi connectivity index (χ1v) is 10.6. The maximum absolute atomic E-state index is 12.1. The minimum atomic E-state index is -0.192. The molecule has 1 aliphatic carbocycles. The second kappa shape index (κ2) is 7.37. The first-order valence-electron chi connectivity index (χ1n) is 10.6. The van der Waals surface area contributed by atoms with Crippen molar-refractivity contribution in [1.82, 2.24) is 0 Å². The fourth-order valence-corrected chi connectivity index (χ4v) is 5.01. The van der Waals surface area contributed by atoms with Crippen LogP contribution in [0.1, 0.15) is 103 Å². The van der Waals surface area contributed by atoms with Crippen molar-refractivity contribution < 1.29 is 9.53 Å². The molecule has 3 rings (SSSR count). The van der Waals surface area contributed by atoms with Crippen LogP contribution in [0.15, 0.2) is 18.2 Å². The summed E-state index contributed by atoms with van der Waals surface area (Å²) in [5, 5.41) is 0. The second-order valence-corrected chi connectivity index (χ2v) is 9.65. The molecule has 144 valence electrons. The highest BCUT2D eigenvalue weighted by molar-refractivity contribution is 5.80. The third-order valence-corrected chi connectivity index (χ3v) is 6.78. The third-order valence-electron chi connectivity index (χ3n) is 6.78. The fraction of sp³-hybridized carbons (Fsp3) is 0.708. The topological polar surface area (TPSA) is 26.3 Å². The van der Waals surface area contributed by atoms with Crippen LogP contribution in [0.25, 0.3) is 0 Å². The van der Waals surface area contributed by atoms with Gasteiger partial charge in [0.2, 0.25) is 0 Å². The molecule has 1 saturated carbocycles. The maximum Gasteiger partial charge on any atom is 0.133 e. The molecule has 0 saturated heterocycles. The van der Waals surface area contributed by atoms with Gasteiger partial charge in [0.15, 0.2) is 0 Å². The molecule has 2 atom stereocenters. The number of ether oxygens (including phenoxy) is 1. The van der Waals surface area contributed by atoms with Gasteiger partial charge in [-0.3, -0.25) is 4.79 Å². The Morgan fingerprint density at radius 3 is 2.69 bits per heavy atom. The minimum absolute atomic E-state index is 0.162. The van der Waals surface area contributed by atoms with E-state index in [4.69, 9.17) is 4.74 Å². The number of rotatable bonds is 6. The molecule has 1 aliphatic heterocycles. The van der Waals surface area contributed by atoms with E-state index < -0.39 is 0 Å². The van der Waals surface area contributed by atoms with Crippen molar-refractivity contribution in [2.75, 3.05) is 0 Å². The predicted molar refractivity (Wildman–Crippen MR) is 108 cm³/mol. The molecule has 2 nitrogen and oxygen atoms in total. The number of fused-ring (bicyclic) bond motifs is 3. The van der Waals surface area contributed by atoms with Gasteiger partial charge in [-0.25, -0.2) is 0 Å². The summed E-state index contributed by atoms with van der Waals surface area (Å²) in [6, 6.07) is 6.81. The number of carbonyl (C=O) groups is 1. The Balaban J connectivity index is 1.85. The zero-order valence-corrected chi connectivity index (χ0v) is 17.4. The van der Waals surface area contributed by atoms with Crippen molar-refractivity contribution in [2.45, 2.75) is 103 Å². The van der Waals surface area contributed by atoms with E-state index in [0.29, 0.717) is 30.5 Å². The maximum atomic E-state index is 12.1. The molecule has 2 unspecified atom stereocenters. The molecule has 0 spiro atoms. The minimum Gasteiger partial charge on any atom is -0.487 e. The van der Waals surface area contributed by atoms with Crippen LogP contribution in [0.3, 0.4) is 0 Å². The second-order valence-electron chi connectivity index (χ2n) is 9.65. The lowest BCUT2D eigenvalue weighted by Crippen LogP contribution is -2.47. The summed E-state index contributed by atoms with van der Waals surface area (Å²) in [4.78, 5) is 12.1. The Morgan fingerprint density at radius 2 is 1.96 bits per heavy atom. The van der Waals surface area contributed by atoms with E-state index in [1.54, 1.807) is 0 Å². The number of Topliss-reactive ketones (excluding diaryl/α,β-unsaturated/α-hetero) is 1. The molecule has 0 aromatic heterocycles.